The van der Waals surface area contributed by atoms with Crippen molar-refractivity contribution in [3.8, 4) is 10.4 Å². The molecule has 0 fully saturated rings. The molecule has 1 aromatic carbocycles. The van der Waals surface area contributed by atoms with E-state index in [2.05, 4.69) is 4.98 Å². The lowest BCUT2D eigenvalue weighted by Crippen LogP contribution is -2.04. The highest BCUT2D eigenvalue weighted by Crippen LogP contribution is 2.28. The Morgan fingerprint density at radius 2 is 2.10 bits per heavy atom. The van der Waals surface area contributed by atoms with Gasteiger partial charge in [0.1, 0.15) is 5.82 Å². The monoisotopic (exact) mass is 290 g/mol. The molecule has 3 rings (SSSR count). The van der Waals surface area contributed by atoms with Crippen LogP contribution in [0.25, 0.3) is 15.4 Å². The summed E-state index contributed by atoms with van der Waals surface area (Å²) in [6.45, 7) is 2.08. The molecular formula is C14H11FN2O2S. The molecule has 3 aromatic rings. The van der Waals surface area contributed by atoms with Gasteiger partial charge in [-0.2, -0.15) is 0 Å². The summed E-state index contributed by atoms with van der Waals surface area (Å²) < 4.78 is 19.6. The van der Waals surface area contributed by atoms with Crippen LogP contribution in [0, 0.1) is 5.82 Å². The van der Waals surface area contributed by atoms with E-state index in [0.717, 1.165) is 10.4 Å². The fourth-order valence-corrected chi connectivity index (χ4v) is 2.82. The van der Waals surface area contributed by atoms with Crippen molar-refractivity contribution in [1.29, 1.82) is 0 Å². The molecule has 102 valence electrons. The second kappa shape index (κ2) is 5.05. The number of benzene rings is 1. The summed E-state index contributed by atoms with van der Waals surface area (Å²) in [7, 11) is 0. The summed E-state index contributed by atoms with van der Waals surface area (Å²) in [6.07, 6.45) is 3.50. The number of hydrogen-bond acceptors (Lipinski definition) is 4. The number of thiazole rings is 1. The van der Waals surface area contributed by atoms with Gasteiger partial charge in [-0.25, -0.2) is 14.2 Å². The van der Waals surface area contributed by atoms with Crippen LogP contribution in [0.2, 0.25) is 0 Å². The number of carbonyl (C=O) groups is 1. The highest BCUT2D eigenvalue weighted by Gasteiger charge is 2.14. The fourth-order valence-electron chi connectivity index (χ4n) is 1.85. The van der Waals surface area contributed by atoms with Crippen molar-refractivity contribution in [3.05, 3.63) is 48.2 Å². The van der Waals surface area contributed by atoms with Crippen LogP contribution in [0.5, 0.6) is 0 Å². The Kier molecular flexibility index (Phi) is 3.23. The van der Waals surface area contributed by atoms with Crippen molar-refractivity contribution in [2.75, 3.05) is 6.61 Å². The molecule has 0 saturated carbocycles. The van der Waals surface area contributed by atoms with Crippen LogP contribution >= 0.6 is 11.3 Å². The summed E-state index contributed by atoms with van der Waals surface area (Å²) in [5.41, 5.74) is 1.21. The second-order valence-corrected chi connectivity index (χ2v) is 5.15. The van der Waals surface area contributed by atoms with E-state index in [-0.39, 0.29) is 5.82 Å². The molecule has 20 heavy (non-hydrogen) atoms. The Bertz CT molecular complexity index is 730. The summed E-state index contributed by atoms with van der Waals surface area (Å²) in [5.74, 6) is -0.689. The Balaban J connectivity index is 1.94. The van der Waals surface area contributed by atoms with Crippen molar-refractivity contribution < 1.29 is 13.9 Å². The Morgan fingerprint density at radius 1 is 1.35 bits per heavy atom. The van der Waals surface area contributed by atoms with E-state index < -0.39 is 5.97 Å². The average Bonchev–Trinajstić information content (AvgIpc) is 2.98. The van der Waals surface area contributed by atoms with Gasteiger partial charge in [0.05, 0.1) is 11.5 Å². The van der Waals surface area contributed by atoms with E-state index >= 15 is 0 Å². The third-order valence-corrected chi connectivity index (χ3v) is 3.81. The van der Waals surface area contributed by atoms with Crippen LogP contribution in [-0.4, -0.2) is 22.0 Å². The molecule has 4 nitrogen and oxygen atoms in total. The normalized spacial score (nSPS) is 10.9. The van der Waals surface area contributed by atoms with Gasteiger partial charge in [0, 0.05) is 12.4 Å². The van der Waals surface area contributed by atoms with Crippen LogP contribution in [-0.2, 0) is 4.74 Å². The van der Waals surface area contributed by atoms with Crippen molar-refractivity contribution in [1.82, 2.24) is 9.38 Å². The lowest BCUT2D eigenvalue weighted by molar-refractivity contribution is 0.0520. The zero-order valence-electron chi connectivity index (χ0n) is 10.7. The van der Waals surface area contributed by atoms with E-state index in [9.17, 15) is 9.18 Å². The highest BCUT2D eigenvalue weighted by molar-refractivity contribution is 7.20. The first kappa shape index (κ1) is 12.8. The smallest absolute Gasteiger partial charge is 0.358 e. The number of hydrogen-bond donors (Lipinski definition) is 0. The fraction of sp³-hybridized carbons (Fsp3) is 0.143. The van der Waals surface area contributed by atoms with Gasteiger partial charge < -0.3 is 4.74 Å². The number of aromatic nitrogens is 2. The van der Waals surface area contributed by atoms with E-state index in [1.165, 1.54) is 23.5 Å². The number of halogens is 1. The largest absolute Gasteiger partial charge is 0.461 e. The number of fused-ring (bicyclic) bond motifs is 1. The number of carbonyl (C=O) groups excluding carboxylic acids is 1. The Labute approximate surface area is 118 Å². The molecule has 0 amide bonds. The molecule has 0 spiro atoms. The minimum Gasteiger partial charge on any atom is -0.461 e. The van der Waals surface area contributed by atoms with Crippen molar-refractivity contribution >= 4 is 22.3 Å². The number of nitrogens with zero attached hydrogens (tertiary/aromatic N) is 2. The van der Waals surface area contributed by atoms with Crippen LogP contribution < -0.4 is 0 Å². The van der Waals surface area contributed by atoms with Gasteiger partial charge in [0.25, 0.3) is 0 Å². The van der Waals surface area contributed by atoms with Gasteiger partial charge in [-0.3, -0.25) is 4.40 Å². The summed E-state index contributed by atoms with van der Waals surface area (Å²) in [6, 6.07) is 6.27. The van der Waals surface area contributed by atoms with E-state index in [0.29, 0.717) is 17.3 Å². The molecule has 0 atom stereocenters. The third kappa shape index (κ3) is 2.30. The lowest BCUT2D eigenvalue weighted by Gasteiger charge is -1.96. The van der Waals surface area contributed by atoms with Crippen LogP contribution in [0.15, 0.2) is 36.7 Å². The third-order valence-electron chi connectivity index (χ3n) is 2.77. The van der Waals surface area contributed by atoms with Crippen LogP contribution in [0.1, 0.15) is 17.4 Å². The molecule has 0 aliphatic rings. The van der Waals surface area contributed by atoms with Crippen molar-refractivity contribution in [3.63, 3.8) is 0 Å². The van der Waals surface area contributed by atoms with Crippen LogP contribution in [0.3, 0.4) is 0 Å². The minimum atomic E-state index is -0.424. The second-order valence-electron chi connectivity index (χ2n) is 4.14. The van der Waals surface area contributed by atoms with E-state index in [1.807, 2.05) is 6.20 Å². The van der Waals surface area contributed by atoms with E-state index in [1.54, 1.807) is 29.7 Å². The topological polar surface area (TPSA) is 43.6 Å². The predicted octanol–water partition coefficient (Wildman–Crippen LogP) is 3.38. The maximum atomic E-state index is 12.9. The molecule has 2 aromatic heterocycles. The molecule has 0 aliphatic heterocycles. The molecular weight excluding hydrogens is 279 g/mol. The number of esters is 1. The molecule has 2 heterocycles. The summed E-state index contributed by atoms with van der Waals surface area (Å²) >= 11 is 1.43. The summed E-state index contributed by atoms with van der Waals surface area (Å²) in [5, 5.41) is 0. The lowest BCUT2D eigenvalue weighted by atomic mass is 10.2. The Hall–Kier alpha value is -2.21. The van der Waals surface area contributed by atoms with Gasteiger partial charge >= 0.3 is 5.97 Å². The molecule has 0 saturated heterocycles. The maximum absolute atomic E-state index is 12.9. The highest BCUT2D eigenvalue weighted by atomic mass is 32.1. The number of rotatable bonds is 3. The molecule has 0 aliphatic carbocycles. The first-order valence-corrected chi connectivity index (χ1v) is 6.90. The van der Waals surface area contributed by atoms with Gasteiger partial charge in [0.15, 0.2) is 10.7 Å². The predicted molar refractivity (Wildman–Crippen MR) is 74.4 cm³/mol. The minimum absolute atomic E-state index is 0.264. The zero-order valence-corrected chi connectivity index (χ0v) is 11.5. The molecule has 6 heteroatoms. The molecule has 0 bridgehead atoms. The SMILES string of the molecule is CCOC(=O)c1cn2cc(-c3ccc(F)cc3)sc2n1. The van der Waals surface area contributed by atoms with Gasteiger partial charge in [0.2, 0.25) is 0 Å². The average molecular weight is 290 g/mol. The summed E-state index contributed by atoms with van der Waals surface area (Å²) in [4.78, 5) is 17.5. The number of ether oxygens (including phenoxy) is 1. The molecule has 0 radical (unpaired) electrons. The van der Waals surface area contributed by atoms with E-state index in [4.69, 9.17) is 4.74 Å². The zero-order chi connectivity index (χ0) is 14.1. The maximum Gasteiger partial charge on any atom is 0.358 e. The van der Waals surface area contributed by atoms with Crippen molar-refractivity contribution in [2.45, 2.75) is 6.92 Å². The first-order chi connectivity index (χ1) is 9.67. The van der Waals surface area contributed by atoms with Crippen molar-refractivity contribution in [2.24, 2.45) is 0 Å². The standard InChI is InChI=1S/C14H11FN2O2S/c1-2-19-13(18)11-7-17-8-12(20-14(17)16-11)9-3-5-10(15)6-4-9/h3-8H,2H2,1H3. The molecule has 0 unspecified atom stereocenters. The number of imidazole rings is 1. The van der Waals surface area contributed by atoms with Gasteiger partial charge in [-0.15, -0.1) is 0 Å². The van der Waals surface area contributed by atoms with Gasteiger partial charge in [-0.1, -0.05) is 23.5 Å². The van der Waals surface area contributed by atoms with Gasteiger partial charge in [-0.05, 0) is 24.6 Å². The molecule has 0 N–H and O–H groups in total. The van der Waals surface area contributed by atoms with Crippen LogP contribution in [0.4, 0.5) is 4.39 Å². The Morgan fingerprint density at radius 3 is 2.75 bits per heavy atom. The quantitative estimate of drug-likeness (QED) is 0.695. The first-order valence-electron chi connectivity index (χ1n) is 6.09.